The molecule has 15 heavy (non-hydrogen) atoms. The topological polar surface area (TPSA) is 29.3 Å². The van der Waals surface area contributed by atoms with E-state index in [9.17, 15) is 0 Å². The summed E-state index contributed by atoms with van der Waals surface area (Å²) in [5.41, 5.74) is 6.18. The molecular formula is C13H26N2. The first-order valence-corrected chi connectivity index (χ1v) is 6.76. The summed E-state index contributed by atoms with van der Waals surface area (Å²) in [6, 6.07) is 1.94. The van der Waals surface area contributed by atoms with E-state index in [1.807, 2.05) is 0 Å². The summed E-state index contributed by atoms with van der Waals surface area (Å²) in [6.45, 7) is 0. The van der Waals surface area contributed by atoms with Crippen LogP contribution in [0, 0.1) is 0 Å². The van der Waals surface area contributed by atoms with E-state index in [1.165, 1.54) is 57.8 Å². The van der Waals surface area contributed by atoms with Crippen LogP contribution in [0.2, 0.25) is 0 Å². The van der Waals surface area contributed by atoms with Crippen LogP contribution in [0.1, 0.15) is 57.8 Å². The molecule has 2 unspecified atom stereocenters. The number of nitrogens with zero attached hydrogens (tertiary/aromatic N) is 1. The highest BCUT2D eigenvalue weighted by molar-refractivity contribution is 4.89. The van der Waals surface area contributed by atoms with Gasteiger partial charge in [-0.25, -0.2) is 0 Å². The molecule has 0 aromatic heterocycles. The molecule has 2 aliphatic carbocycles. The van der Waals surface area contributed by atoms with Crippen molar-refractivity contribution in [2.24, 2.45) is 5.73 Å². The predicted octanol–water partition coefficient (Wildman–Crippen LogP) is 2.52. The highest BCUT2D eigenvalue weighted by Crippen LogP contribution is 2.28. The number of nitrogens with two attached hydrogens (primary N) is 1. The van der Waals surface area contributed by atoms with Gasteiger partial charge < -0.3 is 5.73 Å². The molecular weight excluding hydrogens is 184 g/mol. The maximum Gasteiger partial charge on any atom is 0.0247 e. The van der Waals surface area contributed by atoms with Gasteiger partial charge in [0.25, 0.3) is 0 Å². The molecule has 0 bridgehead atoms. The minimum absolute atomic E-state index is 0.443. The molecule has 2 N–H and O–H groups in total. The highest BCUT2D eigenvalue weighted by Gasteiger charge is 2.31. The lowest BCUT2D eigenvalue weighted by Crippen LogP contribution is -2.47. The summed E-state index contributed by atoms with van der Waals surface area (Å²) in [5, 5.41) is 0. The van der Waals surface area contributed by atoms with Gasteiger partial charge in [0, 0.05) is 18.1 Å². The van der Waals surface area contributed by atoms with Crippen LogP contribution in [0.3, 0.4) is 0 Å². The van der Waals surface area contributed by atoms with Gasteiger partial charge in [0.1, 0.15) is 0 Å². The van der Waals surface area contributed by atoms with Crippen LogP contribution in [-0.4, -0.2) is 30.1 Å². The highest BCUT2D eigenvalue weighted by atomic mass is 15.2. The largest absolute Gasteiger partial charge is 0.326 e. The third-order valence-electron chi connectivity index (χ3n) is 4.46. The van der Waals surface area contributed by atoms with Crippen LogP contribution in [0.25, 0.3) is 0 Å². The molecule has 0 aliphatic heterocycles. The maximum atomic E-state index is 6.18. The maximum absolute atomic E-state index is 6.18. The molecule has 0 heterocycles. The summed E-state index contributed by atoms with van der Waals surface area (Å²) in [7, 11) is 2.31. The molecule has 2 saturated carbocycles. The van der Waals surface area contributed by atoms with Crippen molar-refractivity contribution in [3.8, 4) is 0 Å². The average molecular weight is 210 g/mol. The summed E-state index contributed by atoms with van der Waals surface area (Å²) >= 11 is 0. The predicted molar refractivity (Wildman–Crippen MR) is 64.9 cm³/mol. The van der Waals surface area contributed by atoms with E-state index < -0.39 is 0 Å². The zero-order valence-corrected chi connectivity index (χ0v) is 10.1. The van der Waals surface area contributed by atoms with Crippen LogP contribution in [-0.2, 0) is 0 Å². The van der Waals surface area contributed by atoms with Crippen molar-refractivity contribution >= 4 is 0 Å². The molecule has 0 radical (unpaired) electrons. The van der Waals surface area contributed by atoms with Gasteiger partial charge in [-0.2, -0.15) is 0 Å². The van der Waals surface area contributed by atoms with E-state index in [1.54, 1.807) is 0 Å². The molecule has 2 atom stereocenters. The third-order valence-corrected chi connectivity index (χ3v) is 4.46. The van der Waals surface area contributed by atoms with E-state index in [2.05, 4.69) is 11.9 Å². The Balaban J connectivity index is 1.90. The molecule has 0 aromatic carbocycles. The lowest BCUT2D eigenvalue weighted by Gasteiger charge is -2.34. The van der Waals surface area contributed by atoms with Crippen molar-refractivity contribution in [1.82, 2.24) is 4.90 Å². The molecule has 0 spiro atoms. The Morgan fingerprint density at radius 1 is 0.867 bits per heavy atom. The van der Waals surface area contributed by atoms with E-state index in [4.69, 9.17) is 5.73 Å². The van der Waals surface area contributed by atoms with E-state index in [-0.39, 0.29) is 0 Å². The van der Waals surface area contributed by atoms with Crippen molar-refractivity contribution in [2.45, 2.75) is 75.9 Å². The van der Waals surface area contributed by atoms with Crippen molar-refractivity contribution in [3.05, 3.63) is 0 Å². The second-order valence-corrected chi connectivity index (χ2v) is 5.47. The second-order valence-electron chi connectivity index (χ2n) is 5.47. The Labute approximate surface area is 94.2 Å². The van der Waals surface area contributed by atoms with Gasteiger partial charge >= 0.3 is 0 Å². The van der Waals surface area contributed by atoms with Gasteiger partial charge in [0.05, 0.1) is 0 Å². The fraction of sp³-hybridized carbons (Fsp3) is 1.00. The second kappa shape index (κ2) is 5.31. The lowest BCUT2D eigenvalue weighted by atomic mass is 10.0. The zero-order valence-electron chi connectivity index (χ0n) is 10.1. The first-order valence-electron chi connectivity index (χ1n) is 6.76. The fourth-order valence-electron chi connectivity index (χ4n) is 3.41. The molecule has 2 aliphatic rings. The molecule has 2 heteroatoms. The Hall–Kier alpha value is -0.0800. The van der Waals surface area contributed by atoms with Gasteiger partial charge in [-0.1, -0.05) is 32.1 Å². The fourth-order valence-corrected chi connectivity index (χ4v) is 3.41. The van der Waals surface area contributed by atoms with Crippen molar-refractivity contribution in [2.75, 3.05) is 7.05 Å². The van der Waals surface area contributed by atoms with Gasteiger partial charge in [-0.15, -0.1) is 0 Å². The number of hydrogen-bond donors (Lipinski definition) is 1. The number of rotatable bonds is 2. The van der Waals surface area contributed by atoms with Gasteiger partial charge in [-0.05, 0) is 32.7 Å². The van der Waals surface area contributed by atoms with Crippen LogP contribution in [0.5, 0.6) is 0 Å². The summed E-state index contributed by atoms with van der Waals surface area (Å²) < 4.78 is 0. The van der Waals surface area contributed by atoms with Crippen LogP contribution < -0.4 is 5.73 Å². The summed E-state index contributed by atoms with van der Waals surface area (Å²) in [4.78, 5) is 2.61. The number of likely N-dealkylation sites (N-methyl/N-ethyl adjacent to an activating group) is 1. The molecule has 2 rings (SSSR count). The van der Waals surface area contributed by atoms with Crippen molar-refractivity contribution in [1.29, 1.82) is 0 Å². The lowest BCUT2D eigenvalue weighted by molar-refractivity contribution is 0.149. The molecule has 2 nitrogen and oxygen atoms in total. The van der Waals surface area contributed by atoms with Crippen molar-refractivity contribution in [3.63, 3.8) is 0 Å². The zero-order chi connectivity index (χ0) is 10.7. The summed E-state index contributed by atoms with van der Waals surface area (Å²) in [6.07, 6.45) is 12.5. The Bertz CT molecular complexity index is 185. The van der Waals surface area contributed by atoms with Crippen LogP contribution in [0.15, 0.2) is 0 Å². The van der Waals surface area contributed by atoms with Crippen LogP contribution in [0.4, 0.5) is 0 Å². The van der Waals surface area contributed by atoms with Gasteiger partial charge in [0.2, 0.25) is 0 Å². The van der Waals surface area contributed by atoms with Crippen LogP contribution >= 0.6 is 0 Å². The van der Waals surface area contributed by atoms with E-state index >= 15 is 0 Å². The number of hydrogen-bond acceptors (Lipinski definition) is 2. The quantitative estimate of drug-likeness (QED) is 0.710. The summed E-state index contributed by atoms with van der Waals surface area (Å²) in [5.74, 6) is 0. The SMILES string of the molecule is CN(C1CCCCCC1)C1CCCC1N. The van der Waals surface area contributed by atoms with Crippen molar-refractivity contribution < 1.29 is 0 Å². The van der Waals surface area contributed by atoms with E-state index in [0.717, 1.165) is 6.04 Å². The van der Waals surface area contributed by atoms with Gasteiger partial charge in [0.15, 0.2) is 0 Å². The smallest absolute Gasteiger partial charge is 0.0247 e. The normalized spacial score (nSPS) is 34.6. The molecule has 0 aromatic rings. The first-order chi connectivity index (χ1) is 7.29. The Kier molecular flexibility index (Phi) is 4.04. The Morgan fingerprint density at radius 3 is 2.07 bits per heavy atom. The standard InChI is InChI=1S/C13H26N2/c1-15(13-10-6-9-12(13)14)11-7-4-2-3-5-8-11/h11-13H,2-10,14H2,1H3. The molecule has 88 valence electrons. The monoisotopic (exact) mass is 210 g/mol. The third kappa shape index (κ3) is 2.73. The first kappa shape index (κ1) is 11.4. The van der Waals surface area contributed by atoms with E-state index in [0.29, 0.717) is 12.1 Å². The molecule has 2 fully saturated rings. The van der Waals surface area contributed by atoms with Gasteiger partial charge in [-0.3, -0.25) is 4.90 Å². The minimum atomic E-state index is 0.443. The molecule has 0 saturated heterocycles. The average Bonchev–Trinajstić information content (AvgIpc) is 2.53. The Morgan fingerprint density at radius 2 is 1.53 bits per heavy atom. The minimum Gasteiger partial charge on any atom is -0.326 e. The molecule has 0 amide bonds.